The van der Waals surface area contributed by atoms with Gasteiger partial charge in [-0.05, 0) is 42.3 Å². The van der Waals surface area contributed by atoms with Crippen LogP contribution in [0.3, 0.4) is 0 Å². The van der Waals surface area contributed by atoms with Crippen molar-refractivity contribution < 1.29 is 40.7 Å². The van der Waals surface area contributed by atoms with Gasteiger partial charge in [0.1, 0.15) is 5.69 Å². The molecule has 0 bridgehead atoms. The van der Waals surface area contributed by atoms with Crippen LogP contribution in [0, 0.1) is 6.92 Å². The number of ether oxygens (including phenoxy) is 1. The van der Waals surface area contributed by atoms with Gasteiger partial charge < -0.3 is 9.57 Å². The monoisotopic (exact) mass is 466 g/mol. The van der Waals surface area contributed by atoms with E-state index in [0.717, 1.165) is 0 Å². The Bertz CT molecular complexity index is 1070. The number of esters is 1. The van der Waals surface area contributed by atoms with E-state index in [1.165, 1.54) is 32.2 Å². The lowest BCUT2D eigenvalue weighted by Gasteiger charge is -2.29. The maximum absolute atomic E-state index is 14.0. The summed E-state index contributed by atoms with van der Waals surface area (Å²) in [6.07, 6.45) is -11.1. The van der Waals surface area contributed by atoms with Crippen molar-refractivity contribution in [3.8, 4) is 0 Å². The number of carbonyl (C=O) groups is 1. The summed E-state index contributed by atoms with van der Waals surface area (Å²) in [4.78, 5) is 19.5. The first-order valence-electron chi connectivity index (χ1n) is 8.55. The van der Waals surface area contributed by atoms with Gasteiger partial charge in [0.25, 0.3) is 5.60 Å². The van der Waals surface area contributed by atoms with Crippen LogP contribution in [0.2, 0.25) is 5.02 Å². The van der Waals surface area contributed by atoms with Crippen molar-refractivity contribution in [2.75, 3.05) is 7.11 Å². The Morgan fingerprint density at radius 3 is 2.39 bits per heavy atom. The van der Waals surface area contributed by atoms with Gasteiger partial charge in [-0.3, -0.25) is 0 Å². The van der Waals surface area contributed by atoms with E-state index < -0.39 is 46.8 Å². The summed E-state index contributed by atoms with van der Waals surface area (Å²) in [6.45, 7) is 1.54. The van der Waals surface area contributed by atoms with E-state index in [1.807, 2.05) is 0 Å². The maximum atomic E-state index is 14.0. The number of halogens is 7. The van der Waals surface area contributed by atoms with Crippen LogP contribution in [0.4, 0.5) is 26.3 Å². The van der Waals surface area contributed by atoms with E-state index in [-0.39, 0.29) is 16.8 Å². The molecular formula is C19H13ClF6N2O3. The minimum absolute atomic E-state index is 0.188. The predicted molar refractivity (Wildman–Crippen MR) is 96.7 cm³/mol. The van der Waals surface area contributed by atoms with Crippen LogP contribution in [0.1, 0.15) is 39.3 Å². The second kappa shape index (κ2) is 7.70. The third-order valence-electron chi connectivity index (χ3n) is 4.65. The summed E-state index contributed by atoms with van der Waals surface area (Å²) >= 11 is 5.64. The highest BCUT2D eigenvalue weighted by Crippen LogP contribution is 2.49. The topological polar surface area (TPSA) is 60.8 Å². The third kappa shape index (κ3) is 4.18. The number of aromatic nitrogens is 1. The predicted octanol–water partition coefficient (Wildman–Crippen LogP) is 5.43. The molecule has 1 aliphatic rings. The molecule has 1 aromatic heterocycles. The first kappa shape index (κ1) is 22.9. The zero-order chi connectivity index (χ0) is 23.2. The zero-order valence-corrected chi connectivity index (χ0v) is 16.6. The van der Waals surface area contributed by atoms with E-state index in [0.29, 0.717) is 17.7 Å². The van der Waals surface area contributed by atoms with Gasteiger partial charge in [0.15, 0.2) is 0 Å². The molecule has 0 amide bonds. The Morgan fingerprint density at radius 1 is 1.16 bits per heavy atom. The number of aryl methyl sites for hydroxylation is 1. The molecule has 3 rings (SSSR count). The fourth-order valence-electron chi connectivity index (χ4n) is 3.05. The van der Waals surface area contributed by atoms with Crippen LogP contribution in [0.25, 0.3) is 0 Å². The lowest BCUT2D eigenvalue weighted by atomic mass is 9.89. The van der Waals surface area contributed by atoms with Crippen molar-refractivity contribution >= 4 is 23.3 Å². The lowest BCUT2D eigenvalue weighted by molar-refractivity contribution is -0.277. The summed E-state index contributed by atoms with van der Waals surface area (Å²) in [7, 11) is 1.18. The Kier molecular flexibility index (Phi) is 5.68. The minimum atomic E-state index is -5.17. The largest absolute Gasteiger partial charge is 0.465 e. The summed E-state index contributed by atoms with van der Waals surface area (Å²) < 4.78 is 85.9. The summed E-state index contributed by atoms with van der Waals surface area (Å²) in [5, 5.41) is 2.89. The van der Waals surface area contributed by atoms with E-state index in [2.05, 4.69) is 14.9 Å². The molecule has 0 radical (unpaired) electrons. The molecule has 0 saturated heterocycles. The van der Waals surface area contributed by atoms with Crippen molar-refractivity contribution in [2.45, 2.75) is 31.3 Å². The molecular weight excluding hydrogens is 454 g/mol. The van der Waals surface area contributed by atoms with Gasteiger partial charge in [0.2, 0.25) is 0 Å². The Hall–Kier alpha value is -2.82. The number of pyridine rings is 1. The fourth-order valence-corrected chi connectivity index (χ4v) is 3.26. The molecule has 1 aromatic carbocycles. The number of hydrogen-bond donors (Lipinski definition) is 0. The highest BCUT2D eigenvalue weighted by atomic mass is 35.5. The van der Waals surface area contributed by atoms with Gasteiger partial charge in [-0.25, -0.2) is 9.78 Å². The smallest absolute Gasteiger partial charge is 0.437 e. The van der Waals surface area contributed by atoms with Crippen LogP contribution >= 0.6 is 11.6 Å². The van der Waals surface area contributed by atoms with Crippen molar-refractivity contribution in [3.63, 3.8) is 0 Å². The molecule has 0 N–H and O–H groups in total. The molecule has 2 aromatic rings. The fraction of sp³-hybridized carbons (Fsp3) is 0.316. The van der Waals surface area contributed by atoms with Gasteiger partial charge in [-0.15, -0.1) is 0 Å². The first-order valence-corrected chi connectivity index (χ1v) is 8.92. The van der Waals surface area contributed by atoms with Crippen LogP contribution < -0.4 is 0 Å². The Balaban J connectivity index is 2.04. The van der Waals surface area contributed by atoms with Gasteiger partial charge in [0, 0.05) is 5.02 Å². The number of hydrogen-bond acceptors (Lipinski definition) is 5. The van der Waals surface area contributed by atoms with Crippen molar-refractivity contribution in [1.29, 1.82) is 0 Å². The Labute approximate surface area is 176 Å². The molecule has 1 aliphatic heterocycles. The Morgan fingerprint density at radius 2 is 1.84 bits per heavy atom. The number of nitrogens with zero attached hydrogens (tertiary/aromatic N) is 2. The van der Waals surface area contributed by atoms with Crippen LogP contribution in [0.5, 0.6) is 0 Å². The molecule has 2 heterocycles. The average molecular weight is 467 g/mol. The van der Waals surface area contributed by atoms with E-state index in [9.17, 15) is 31.1 Å². The molecule has 0 spiro atoms. The lowest BCUT2D eigenvalue weighted by Crippen LogP contribution is -2.43. The van der Waals surface area contributed by atoms with Gasteiger partial charge in [-0.1, -0.05) is 22.8 Å². The molecule has 31 heavy (non-hydrogen) atoms. The molecule has 0 saturated carbocycles. The second-order valence-corrected chi connectivity index (χ2v) is 7.14. The quantitative estimate of drug-likeness (QED) is 0.447. The summed E-state index contributed by atoms with van der Waals surface area (Å²) in [5.41, 5.74) is -5.32. The third-order valence-corrected chi connectivity index (χ3v) is 4.86. The van der Waals surface area contributed by atoms with Crippen molar-refractivity contribution in [3.05, 3.63) is 63.4 Å². The molecule has 0 aliphatic carbocycles. The summed E-state index contributed by atoms with van der Waals surface area (Å²) in [5.74, 6) is -0.638. The van der Waals surface area contributed by atoms with Crippen LogP contribution in [0.15, 0.2) is 35.5 Å². The SMILES string of the molecule is COC(=O)c1ccc(C2=NOC(c3cc(Cl)cc(C(F)(F)F)n3)(C(F)(F)F)C2)cc1C. The standard InChI is InChI=1S/C19H13ClF6N2O3/c1-9-5-10(3-4-12(9)16(29)30-2)13-8-17(31-28-13,19(24,25)26)14-6-11(20)7-15(27-14)18(21,22)23/h3-7H,8H2,1-2H3. The maximum Gasteiger partial charge on any atom is 0.437 e. The zero-order valence-electron chi connectivity index (χ0n) is 15.9. The van der Waals surface area contributed by atoms with Gasteiger partial charge in [0.05, 0.1) is 30.5 Å². The average Bonchev–Trinajstić information content (AvgIpc) is 3.13. The second-order valence-electron chi connectivity index (χ2n) is 6.71. The molecule has 1 atom stereocenters. The molecule has 5 nitrogen and oxygen atoms in total. The number of oxime groups is 1. The number of benzene rings is 1. The van der Waals surface area contributed by atoms with Gasteiger partial charge in [-0.2, -0.15) is 26.3 Å². The van der Waals surface area contributed by atoms with Crippen LogP contribution in [-0.2, 0) is 21.4 Å². The normalized spacial score (nSPS) is 19.1. The molecule has 1 unspecified atom stereocenters. The summed E-state index contributed by atoms with van der Waals surface area (Å²) in [6, 6.07) is 5.15. The number of methoxy groups -OCH3 is 1. The van der Waals surface area contributed by atoms with E-state index >= 15 is 0 Å². The van der Waals surface area contributed by atoms with Crippen LogP contribution in [-0.4, -0.2) is 30.0 Å². The first-order chi connectivity index (χ1) is 14.3. The highest BCUT2D eigenvalue weighted by Gasteiger charge is 2.63. The minimum Gasteiger partial charge on any atom is -0.465 e. The van der Waals surface area contributed by atoms with Crippen molar-refractivity contribution in [1.82, 2.24) is 4.98 Å². The van der Waals surface area contributed by atoms with E-state index in [1.54, 1.807) is 0 Å². The number of alkyl halides is 6. The molecule has 166 valence electrons. The van der Waals surface area contributed by atoms with E-state index in [4.69, 9.17) is 16.4 Å². The van der Waals surface area contributed by atoms with Crippen molar-refractivity contribution in [2.24, 2.45) is 5.16 Å². The number of carbonyl (C=O) groups excluding carboxylic acids is 1. The molecule has 0 fully saturated rings. The highest BCUT2D eigenvalue weighted by molar-refractivity contribution is 6.30. The number of rotatable bonds is 3. The molecule has 12 heteroatoms. The van der Waals surface area contributed by atoms with Gasteiger partial charge >= 0.3 is 18.3 Å².